The number of carbonyl (C=O) groups excluding carboxylic acids is 1. The molecule has 0 unspecified atom stereocenters. The Morgan fingerprint density at radius 2 is 1.82 bits per heavy atom. The number of thiophene rings is 1. The molecular formula is C29H27ClN4O4S2. The van der Waals surface area contributed by atoms with Crippen molar-refractivity contribution in [1.82, 2.24) is 10.3 Å². The first-order valence-corrected chi connectivity index (χ1v) is 15.2. The molecular weight excluding hydrogens is 568 g/mol. The van der Waals surface area contributed by atoms with Crippen molar-refractivity contribution in [3.05, 3.63) is 88.9 Å². The number of benzene rings is 3. The quantitative estimate of drug-likeness (QED) is 0.188. The van der Waals surface area contributed by atoms with Crippen LogP contribution in [-0.4, -0.2) is 46.1 Å². The van der Waals surface area contributed by atoms with Crippen LogP contribution in [0, 0.1) is 0 Å². The van der Waals surface area contributed by atoms with E-state index in [1.807, 2.05) is 30.3 Å². The summed E-state index contributed by atoms with van der Waals surface area (Å²) in [6, 6.07) is 20.9. The van der Waals surface area contributed by atoms with Crippen LogP contribution in [0.15, 0.2) is 83.9 Å². The van der Waals surface area contributed by atoms with Crippen molar-refractivity contribution in [2.75, 3.05) is 36.4 Å². The van der Waals surface area contributed by atoms with Crippen LogP contribution in [0.1, 0.15) is 16.6 Å². The fourth-order valence-corrected chi connectivity index (χ4v) is 6.99. The number of nitrogens with zero attached hydrogens (tertiary/aromatic N) is 2. The van der Waals surface area contributed by atoms with E-state index in [0.717, 1.165) is 26.7 Å². The van der Waals surface area contributed by atoms with Gasteiger partial charge in [-0.25, -0.2) is 8.42 Å². The Kier molecular flexibility index (Phi) is 8.11. The fraction of sp³-hybridized carbons (Fsp3) is 0.172. The van der Waals surface area contributed by atoms with E-state index in [0.29, 0.717) is 34.4 Å². The molecule has 5 rings (SSSR count). The Bertz CT molecular complexity index is 1790. The number of methoxy groups -OCH3 is 1. The van der Waals surface area contributed by atoms with Gasteiger partial charge in [-0.15, -0.1) is 11.3 Å². The van der Waals surface area contributed by atoms with Crippen LogP contribution >= 0.6 is 22.9 Å². The van der Waals surface area contributed by atoms with E-state index < -0.39 is 10.0 Å². The molecule has 206 valence electrons. The number of carbonyl (C=O) groups is 1. The number of rotatable bonds is 10. The molecule has 2 aromatic heterocycles. The molecule has 0 saturated carbocycles. The van der Waals surface area contributed by atoms with Gasteiger partial charge in [0, 0.05) is 46.6 Å². The third-order valence-electron chi connectivity index (χ3n) is 6.38. The van der Waals surface area contributed by atoms with Crippen molar-refractivity contribution < 1.29 is 17.9 Å². The number of halogens is 1. The highest BCUT2D eigenvalue weighted by atomic mass is 35.5. The summed E-state index contributed by atoms with van der Waals surface area (Å²) < 4.78 is 34.1. The molecule has 0 aliphatic rings. The van der Waals surface area contributed by atoms with Crippen LogP contribution in [0.4, 0.5) is 11.4 Å². The first-order chi connectivity index (χ1) is 19.3. The summed E-state index contributed by atoms with van der Waals surface area (Å²) in [6.07, 6.45) is 1.72. The van der Waals surface area contributed by atoms with E-state index in [1.54, 1.807) is 43.5 Å². The summed E-state index contributed by atoms with van der Waals surface area (Å²) in [6.45, 7) is 2.98. The summed E-state index contributed by atoms with van der Waals surface area (Å²) in [5.41, 5.74) is 2.24. The minimum Gasteiger partial charge on any atom is -0.497 e. The van der Waals surface area contributed by atoms with Gasteiger partial charge in [0.05, 0.1) is 28.1 Å². The number of pyridine rings is 1. The van der Waals surface area contributed by atoms with Crippen molar-refractivity contribution in [2.24, 2.45) is 0 Å². The maximum Gasteiger partial charge on any atom is 0.264 e. The number of fused-ring (bicyclic) bond motifs is 2. The lowest BCUT2D eigenvalue weighted by Crippen LogP contribution is -2.30. The molecule has 0 aliphatic heterocycles. The zero-order chi connectivity index (χ0) is 28.3. The topological polar surface area (TPSA) is 101 Å². The Morgan fingerprint density at radius 1 is 1.02 bits per heavy atom. The van der Waals surface area contributed by atoms with Gasteiger partial charge in [-0.3, -0.25) is 14.1 Å². The van der Waals surface area contributed by atoms with Gasteiger partial charge in [0.2, 0.25) is 0 Å². The van der Waals surface area contributed by atoms with Crippen LogP contribution in [-0.2, 0) is 10.0 Å². The van der Waals surface area contributed by atoms with Gasteiger partial charge in [0.1, 0.15) is 5.75 Å². The third kappa shape index (κ3) is 5.70. The van der Waals surface area contributed by atoms with E-state index in [1.165, 1.54) is 34.9 Å². The largest absolute Gasteiger partial charge is 0.497 e. The van der Waals surface area contributed by atoms with E-state index in [4.69, 9.17) is 16.3 Å². The van der Waals surface area contributed by atoms with E-state index in [9.17, 15) is 13.2 Å². The molecule has 0 aliphatic carbocycles. The zero-order valence-corrected chi connectivity index (χ0v) is 24.2. The Balaban J connectivity index is 1.26. The summed E-state index contributed by atoms with van der Waals surface area (Å²) in [5, 5.41) is 8.66. The molecule has 5 aromatic rings. The number of nitrogens with one attached hydrogen (secondary N) is 2. The predicted octanol–water partition coefficient (Wildman–Crippen LogP) is 6.17. The van der Waals surface area contributed by atoms with Crippen LogP contribution in [0.25, 0.3) is 21.0 Å². The van der Waals surface area contributed by atoms with Gasteiger partial charge in [-0.05, 0) is 85.1 Å². The molecule has 0 atom stereocenters. The van der Waals surface area contributed by atoms with Gasteiger partial charge in [-0.1, -0.05) is 11.6 Å². The molecule has 3 aromatic carbocycles. The van der Waals surface area contributed by atoms with Crippen LogP contribution < -0.4 is 19.7 Å². The predicted molar refractivity (Wildman–Crippen MR) is 163 cm³/mol. The number of sulfonamides is 1. The SMILES string of the molecule is CCN(c1ccc2sc(C(=O)NCCNc3ccnc4cc(Cl)ccc34)cc2c1)S(=O)(=O)c1ccc(OC)cc1. The molecule has 40 heavy (non-hydrogen) atoms. The van der Waals surface area contributed by atoms with Gasteiger partial charge in [-0.2, -0.15) is 0 Å². The number of hydrogen-bond donors (Lipinski definition) is 2. The molecule has 0 spiro atoms. The van der Waals surface area contributed by atoms with Crippen molar-refractivity contribution >= 4 is 71.2 Å². The molecule has 11 heteroatoms. The highest BCUT2D eigenvalue weighted by Crippen LogP contribution is 2.32. The summed E-state index contributed by atoms with van der Waals surface area (Å²) in [7, 11) is -2.24. The summed E-state index contributed by atoms with van der Waals surface area (Å²) in [5.74, 6) is 0.397. The number of anilines is 2. The lowest BCUT2D eigenvalue weighted by atomic mass is 10.2. The second-order valence-corrected chi connectivity index (χ2v) is 12.3. The number of amides is 1. The lowest BCUT2D eigenvalue weighted by Gasteiger charge is -2.23. The maximum absolute atomic E-state index is 13.4. The number of aromatic nitrogens is 1. The Hall–Kier alpha value is -3.86. The van der Waals surface area contributed by atoms with Gasteiger partial charge < -0.3 is 15.4 Å². The van der Waals surface area contributed by atoms with Gasteiger partial charge in [0.25, 0.3) is 15.9 Å². The Morgan fingerprint density at radius 3 is 2.58 bits per heavy atom. The van der Waals surface area contributed by atoms with Crippen LogP contribution in [0.3, 0.4) is 0 Å². The average Bonchev–Trinajstić information content (AvgIpc) is 3.39. The van der Waals surface area contributed by atoms with Crippen molar-refractivity contribution in [1.29, 1.82) is 0 Å². The zero-order valence-electron chi connectivity index (χ0n) is 21.8. The third-order valence-corrected chi connectivity index (χ3v) is 9.64. The molecule has 0 saturated heterocycles. The minimum absolute atomic E-state index is 0.179. The van der Waals surface area contributed by atoms with Gasteiger partial charge >= 0.3 is 0 Å². The number of hydrogen-bond acceptors (Lipinski definition) is 7. The van der Waals surface area contributed by atoms with E-state index in [2.05, 4.69) is 15.6 Å². The summed E-state index contributed by atoms with van der Waals surface area (Å²) in [4.78, 5) is 18.0. The van der Waals surface area contributed by atoms with E-state index >= 15 is 0 Å². The average molecular weight is 595 g/mol. The van der Waals surface area contributed by atoms with Gasteiger partial charge in [0.15, 0.2) is 0 Å². The van der Waals surface area contributed by atoms with Crippen LogP contribution in [0.2, 0.25) is 5.02 Å². The molecule has 0 bridgehead atoms. The maximum atomic E-state index is 13.4. The smallest absolute Gasteiger partial charge is 0.264 e. The van der Waals surface area contributed by atoms with Crippen molar-refractivity contribution in [2.45, 2.75) is 11.8 Å². The molecule has 0 radical (unpaired) electrons. The fourth-order valence-electron chi connectivity index (χ4n) is 4.40. The highest BCUT2D eigenvalue weighted by Gasteiger charge is 2.24. The lowest BCUT2D eigenvalue weighted by molar-refractivity contribution is 0.0959. The normalized spacial score (nSPS) is 11.5. The standard InChI is InChI=1S/C29H27ClN4O4S2/c1-3-34(40(36,37)23-8-6-22(38-2)7-9-23)21-5-11-27-19(16-21)17-28(39-27)29(35)33-15-14-32-25-12-13-31-26-18-20(30)4-10-24(25)26/h4-13,16-18H,3,14-15H2,1-2H3,(H,31,32)(H,33,35). The molecule has 8 nitrogen and oxygen atoms in total. The minimum atomic E-state index is -3.78. The van der Waals surface area contributed by atoms with Crippen molar-refractivity contribution in [3.8, 4) is 5.75 Å². The monoisotopic (exact) mass is 594 g/mol. The highest BCUT2D eigenvalue weighted by molar-refractivity contribution is 7.92. The first-order valence-electron chi connectivity index (χ1n) is 12.6. The van der Waals surface area contributed by atoms with Crippen LogP contribution in [0.5, 0.6) is 5.75 Å². The molecule has 2 heterocycles. The first kappa shape index (κ1) is 27.7. The molecule has 0 fully saturated rings. The molecule has 2 N–H and O–H groups in total. The molecule has 1 amide bonds. The number of ether oxygens (including phenoxy) is 1. The Labute approximate surface area is 241 Å². The second kappa shape index (κ2) is 11.7. The second-order valence-electron chi connectivity index (χ2n) is 8.88. The summed E-state index contributed by atoms with van der Waals surface area (Å²) >= 11 is 7.43. The van der Waals surface area contributed by atoms with Crippen molar-refractivity contribution in [3.63, 3.8) is 0 Å². The van der Waals surface area contributed by atoms with E-state index in [-0.39, 0.29) is 17.3 Å².